The van der Waals surface area contributed by atoms with E-state index in [1.54, 1.807) is 0 Å². The van der Waals surface area contributed by atoms with E-state index in [1.165, 1.54) is 22.2 Å². The number of piperazine rings is 1. The average molecular weight is 349 g/mol. The van der Waals surface area contributed by atoms with Gasteiger partial charge < -0.3 is 14.6 Å². The normalized spacial score (nSPS) is 16.9. The number of para-hydroxylation sites is 1. The number of aliphatic hydroxyl groups excluding tert-OH is 1. The highest BCUT2D eigenvalue weighted by molar-refractivity contribution is 5.79. The second-order valence-electron chi connectivity index (χ2n) is 7.30. The molecule has 2 heterocycles. The number of anilines is 1. The first-order chi connectivity index (χ1) is 12.7. The van der Waals surface area contributed by atoms with Crippen molar-refractivity contribution in [3.05, 3.63) is 66.4 Å². The van der Waals surface area contributed by atoms with Crippen LogP contribution in [0, 0.1) is 6.92 Å². The Balaban J connectivity index is 1.30. The molecule has 136 valence electrons. The van der Waals surface area contributed by atoms with Crippen LogP contribution in [0.2, 0.25) is 0 Å². The van der Waals surface area contributed by atoms with Crippen LogP contribution < -0.4 is 4.90 Å². The van der Waals surface area contributed by atoms with E-state index < -0.39 is 0 Å². The molecular formula is C22H27N3O. The van der Waals surface area contributed by atoms with Crippen molar-refractivity contribution in [2.75, 3.05) is 37.6 Å². The summed E-state index contributed by atoms with van der Waals surface area (Å²) in [5, 5.41) is 11.8. The van der Waals surface area contributed by atoms with Crippen LogP contribution in [0.5, 0.6) is 0 Å². The summed E-state index contributed by atoms with van der Waals surface area (Å²) in [5.74, 6) is 0. The lowest BCUT2D eigenvalue weighted by Crippen LogP contribution is -2.49. The molecule has 1 unspecified atom stereocenters. The van der Waals surface area contributed by atoms with E-state index >= 15 is 0 Å². The Morgan fingerprint density at radius 1 is 0.885 bits per heavy atom. The number of hydrogen-bond donors (Lipinski definition) is 1. The Labute approximate surface area is 155 Å². The van der Waals surface area contributed by atoms with Crippen molar-refractivity contribution >= 4 is 16.6 Å². The molecule has 2 aromatic carbocycles. The fraction of sp³-hybridized carbons (Fsp3) is 0.364. The monoisotopic (exact) mass is 349 g/mol. The third kappa shape index (κ3) is 3.76. The third-order valence-corrected chi connectivity index (χ3v) is 5.33. The van der Waals surface area contributed by atoms with Gasteiger partial charge >= 0.3 is 0 Å². The Hall–Kier alpha value is -2.30. The molecule has 1 aromatic heterocycles. The fourth-order valence-electron chi connectivity index (χ4n) is 3.83. The zero-order chi connectivity index (χ0) is 17.9. The van der Waals surface area contributed by atoms with Crippen LogP contribution in [-0.4, -0.2) is 53.4 Å². The molecule has 1 aliphatic heterocycles. The second-order valence-corrected chi connectivity index (χ2v) is 7.30. The molecule has 1 atom stereocenters. The Morgan fingerprint density at radius 2 is 1.62 bits per heavy atom. The van der Waals surface area contributed by atoms with Crippen LogP contribution in [0.4, 0.5) is 5.69 Å². The van der Waals surface area contributed by atoms with Gasteiger partial charge in [-0.1, -0.05) is 35.9 Å². The molecule has 0 bridgehead atoms. The number of rotatable bonds is 5. The first-order valence-electron chi connectivity index (χ1n) is 9.45. The van der Waals surface area contributed by atoms with Gasteiger partial charge in [0.1, 0.15) is 0 Å². The van der Waals surface area contributed by atoms with E-state index in [0.29, 0.717) is 6.54 Å². The maximum absolute atomic E-state index is 10.6. The molecular weight excluding hydrogens is 322 g/mol. The minimum atomic E-state index is -0.350. The first-order valence-corrected chi connectivity index (χ1v) is 9.45. The number of fused-ring (bicyclic) bond motifs is 1. The van der Waals surface area contributed by atoms with Crippen LogP contribution in [-0.2, 0) is 6.54 Å². The Kier molecular flexibility index (Phi) is 4.96. The van der Waals surface area contributed by atoms with E-state index in [4.69, 9.17) is 0 Å². The molecule has 1 aliphatic rings. The maximum Gasteiger partial charge on any atom is 0.0845 e. The summed E-state index contributed by atoms with van der Waals surface area (Å²) in [6.07, 6.45) is 1.72. The van der Waals surface area contributed by atoms with Crippen molar-refractivity contribution in [2.45, 2.75) is 19.6 Å². The highest BCUT2D eigenvalue weighted by Gasteiger charge is 2.19. The summed E-state index contributed by atoms with van der Waals surface area (Å²) in [6, 6.07) is 19.2. The summed E-state index contributed by atoms with van der Waals surface area (Å²) in [4.78, 5) is 4.81. The van der Waals surface area contributed by atoms with Gasteiger partial charge in [-0.25, -0.2) is 0 Å². The van der Waals surface area contributed by atoms with Crippen molar-refractivity contribution in [1.29, 1.82) is 0 Å². The Bertz CT molecular complexity index is 847. The zero-order valence-electron chi connectivity index (χ0n) is 15.4. The van der Waals surface area contributed by atoms with E-state index in [0.717, 1.165) is 32.7 Å². The predicted octanol–water partition coefficient (Wildman–Crippen LogP) is 3.13. The van der Waals surface area contributed by atoms with Gasteiger partial charge in [0.15, 0.2) is 0 Å². The molecule has 1 fully saturated rings. The van der Waals surface area contributed by atoms with E-state index in [2.05, 4.69) is 82.1 Å². The summed E-state index contributed by atoms with van der Waals surface area (Å²) >= 11 is 0. The lowest BCUT2D eigenvalue weighted by molar-refractivity contribution is 0.0960. The summed E-state index contributed by atoms with van der Waals surface area (Å²) in [7, 11) is 0. The summed E-state index contributed by atoms with van der Waals surface area (Å²) in [6.45, 7) is 7.52. The van der Waals surface area contributed by atoms with Crippen molar-refractivity contribution in [1.82, 2.24) is 9.47 Å². The van der Waals surface area contributed by atoms with Gasteiger partial charge in [-0.3, -0.25) is 4.90 Å². The number of aliphatic hydroxyl groups is 1. The average Bonchev–Trinajstić information content (AvgIpc) is 3.06. The summed E-state index contributed by atoms with van der Waals surface area (Å²) < 4.78 is 2.16. The minimum absolute atomic E-state index is 0.350. The van der Waals surface area contributed by atoms with Crippen LogP contribution in [0.25, 0.3) is 10.9 Å². The number of aryl methyl sites for hydroxylation is 1. The van der Waals surface area contributed by atoms with Crippen molar-refractivity contribution in [2.24, 2.45) is 0 Å². The SMILES string of the molecule is Cc1ccc(N2CCN(CC(O)Cn3ccc4ccccc43)CC2)cc1. The van der Waals surface area contributed by atoms with Gasteiger partial charge in [-0.05, 0) is 36.6 Å². The van der Waals surface area contributed by atoms with Crippen LogP contribution in [0.3, 0.4) is 0 Å². The molecule has 4 nitrogen and oxygen atoms in total. The quantitative estimate of drug-likeness (QED) is 0.768. The molecule has 4 rings (SSSR count). The highest BCUT2D eigenvalue weighted by atomic mass is 16.3. The van der Waals surface area contributed by atoms with Crippen LogP contribution in [0.1, 0.15) is 5.56 Å². The maximum atomic E-state index is 10.6. The summed E-state index contributed by atoms with van der Waals surface area (Å²) in [5.41, 5.74) is 3.79. The molecule has 0 radical (unpaired) electrons. The number of aromatic nitrogens is 1. The lowest BCUT2D eigenvalue weighted by Gasteiger charge is -2.37. The standard InChI is InChI=1S/C22H27N3O/c1-18-6-8-20(9-7-18)24-14-12-23(13-15-24)16-21(26)17-25-11-10-19-4-2-3-5-22(19)25/h2-11,21,26H,12-17H2,1H3. The number of benzene rings is 2. The van der Waals surface area contributed by atoms with E-state index in [-0.39, 0.29) is 6.10 Å². The van der Waals surface area contributed by atoms with E-state index in [1.807, 2.05) is 0 Å². The topological polar surface area (TPSA) is 31.6 Å². The predicted molar refractivity (Wildman–Crippen MR) is 108 cm³/mol. The number of hydrogen-bond acceptors (Lipinski definition) is 3. The van der Waals surface area contributed by atoms with E-state index in [9.17, 15) is 5.11 Å². The second kappa shape index (κ2) is 7.52. The first kappa shape index (κ1) is 17.1. The van der Waals surface area contributed by atoms with Gasteiger partial charge in [0, 0.05) is 56.7 Å². The van der Waals surface area contributed by atoms with Gasteiger partial charge in [0.25, 0.3) is 0 Å². The molecule has 0 aliphatic carbocycles. The lowest BCUT2D eigenvalue weighted by atomic mass is 10.2. The Morgan fingerprint density at radius 3 is 2.38 bits per heavy atom. The smallest absolute Gasteiger partial charge is 0.0845 e. The highest BCUT2D eigenvalue weighted by Crippen LogP contribution is 2.18. The van der Waals surface area contributed by atoms with Gasteiger partial charge in [-0.15, -0.1) is 0 Å². The van der Waals surface area contributed by atoms with Gasteiger partial charge in [-0.2, -0.15) is 0 Å². The number of nitrogens with zero attached hydrogens (tertiary/aromatic N) is 3. The van der Waals surface area contributed by atoms with Crippen molar-refractivity contribution < 1.29 is 5.11 Å². The molecule has 3 aromatic rings. The van der Waals surface area contributed by atoms with Crippen LogP contribution in [0.15, 0.2) is 60.8 Å². The molecule has 26 heavy (non-hydrogen) atoms. The molecule has 1 saturated heterocycles. The largest absolute Gasteiger partial charge is 0.390 e. The molecule has 0 saturated carbocycles. The minimum Gasteiger partial charge on any atom is -0.390 e. The van der Waals surface area contributed by atoms with Crippen molar-refractivity contribution in [3.63, 3.8) is 0 Å². The number of β-amino-alcohol motifs (C(OH)–C–C–N with tert-alkyl or cyclic N) is 1. The molecule has 1 N–H and O–H groups in total. The van der Waals surface area contributed by atoms with Crippen molar-refractivity contribution in [3.8, 4) is 0 Å². The zero-order valence-corrected chi connectivity index (χ0v) is 15.4. The van der Waals surface area contributed by atoms with Crippen LogP contribution >= 0.6 is 0 Å². The van der Waals surface area contributed by atoms with Gasteiger partial charge in [0.05, 0.1) is 6.10 Å². The fourth-order valence-corrected chi connectivity index (χ4v) is 3.83. The third-order valence-electron chi connectivity index (χ3n) is 5.33. The van der Waals surface area contributed by atoms with Gasteiger partial charge in [0.2, 0.25) is 0 Å². The molecule has 0 spiro atoms. The molecule has 4 heteroatoms. The molecule has 0 amide bonds.